The average Bonchev–Trinajstić information content (AvgIpc) is 2.87. The zero-order chi connectivity index (χ0) is 13.4. The number of anilines is 1. The summed E-state index contributed by atoms with van der Waals surface area (Å²) in [5, 5.41) is 2.92. The van der Waals surface area contributed by atoms with Crippen LogP contribution in [0.5, 0.6) is 0 Å². The van der Waals surface area contributed by atoms with Crippen LogP contribution in [0.15, 0.2) is 35.7 Å². The summed E-state index contributed by atoms with van der Waals surface area (Å²) >= 11 is 1.59. The first-order valence-corrected chi connectivity index (χ1v) is 7.14. The van der Waals surface area contributed by atoms with Crippen LogP contribution >= 0.6 is 11.3 Å². The van der Waals surface area contributed by atoms with Gasteiger partial charge in [-0.2, -0.15) is 0 Å². The smallest absolute Gasteiger partial charge is 0.163 e. The fourth-order valence-electron chi connectivity index (χ4n) is 2.02. The van der Waals surface area contributed by atoms with Crippen molar-refractivity contribution < 1.29 is 0 Å². The molecule has 0 unspecified atom stereocenters. The molecule has 2 heterocycles. The minimum Gasteiger partial charge on any atom is -0.383 e. The Morgan fingerprint density at radius 2 is 1.79 bits per heavy atom. The summed E-state index contributed by atoms with van der Waals surface area (Å²) in [5.41, 5.74) is 8.29. The third-order valence-corrected chi connectivity index (χ3v) is 4.00. The number of hydrogen-bond donors (Lipinski definition) is 1. The van der Waals surface area contributed by atoms with Crippen LogP contribution in [-0.2, 0) is 0 Å². The Labute approximate surface area is 116 Å². The van der Waals surface area contributed by atoms with Crippen LogP contribution in [-0.4, -0.2) is 9.97 Å². The molecule has 0 atom stereocenters. The molecule has 2 N–H and O–H groups in total. The average molecular weight is 269 g/mol. The summed E-state index contributed by atoms with van der Waals surface area (Å²) in [6, 6.07) is 10.3. The van der Waals surface area contributed by atoms with Crippen molar-refractivity contribution in [2.45, 2.75) is 19.8 Å². The zero-order valence-electron chi connectivity index (χ0n) is 10.9. The number of aromatic nitrogens is 2. The number of benzene rings is 1. The molecule has 0 fully saturated rings. The first kappa shape index (κ1) is 12.1. The number of rotatable bonds is 2. The Bertz CT molecular complexity index is 714. The van der Waals surface area contributed by atoms with Gasteiger partial charge < -0.3 is 5.73 Å². The van der Waals surface area contributed by atoms with Crippen molar-refractivity contribution >= 4 is 27.4 Å². The van der Waals surface area contributed by atoms with Crippen molar-refractivity contribution in [1.29, 1.82) is 0 Å². The van der Waals surface area contributed by atoms with Gasteiger partial charge in [-0.1, -0.05) is 38.1 Å². The second-order valence-electron chi connectivity index (χ2n) is 4.85. The van der Waals surface area contributed by atoms with Crippen LogP contribution in [0.2, 0.25) is 0 Å². The highest BCUT2D eigenvalue weighted by molar-refractivity contribution is 7.16. The Hall–Kier alpha value is -1.94. The Balaban J connectivity index is 2.08. The van der Waals surface area contributed by atoms with Crippen LogP contribution in [0.1, 0.15) is 25.3 Å². The van der Waals surface area contributed by atoms with Crippen molar-refractivity contribution in [2.75, 3.05) is 5.73 Å². The molecule has 2 aromatic heterocycles. The van der Waals surface area contributed by atoms with Gasteiger partial charge in [0.05, 0.1) is 5.39 Å². The van der Waals surface area contributed by atoms with E-state index in [4.69, 9.17) is 5.73 Å². The van der Waals surface area contributed by atoms with Gasteiger partial charge in [-0.3, -0.25) is 0 Å². The molecule has 3 nitrogen and oxygen atoms in total. The lowest BCUT2D eigenvalue weighted by atomic mass is 10.0. The largest absolute Gasteiger partial charge is 0.383 e. The van der Waals surface area contributed by atoms with E-state index in [0.717, 1.165) is 15.8 Å². The maximum atomic E-state index is 5.97. The summed E-state index contributed by atoms with van der Waals surface area (Å²) < 4.78 is 0. The number of fused-ring (bicyclic) bond motifs is 1. The maximum Gasteiger partial charge on any atom is 0.163 e. The molecule has 3 rings (SSSR count). The highest BCUT2D eigenvalue weighted by Crippen LogP contribution is 2.27. The lowest BCUT2D eigenvalue weighted by Gasteiger charge is -2.07. The van der Waals surface area contributed by atoms with Gasteiger partial charge in [0.25, 0.3) is 0 Å². The predicted octanol–water partition coefficient (Wildman–Crippen LogP) is 4.06. The third kappa shape index (κ3) is 2.19. The Morgan fingerprint density at radius 1 is 1.05 bits per heavy atom. The quantitative estimate of drug-likeness (QED) is 0.763. The Morgan fingerprint density at radius 3 is 2.47 bits per heavy atom. The van der Waals surface area contributed by atoms with Crippen molar-refractivity contribution in [3.05, 3.63) is 41.3 Å². The third-order valence-electron chi connectivity index (χ3n) is 3.19. The van der Waals surface area contributed by atoms with E-state index < -0.39 is 0 Å². The van der Waals surface area contributed by atoms with E-state index >= 15 is 0 Å². The van der Waals surface area contributed by atoms with Crippen LogP contribution < -0.4 is 5.73 Å². The molecule has 0 amide bonds. The van der Waals surface area contributed by atoms with Gasteiger partial charge in [-0.15, -0.1) is 11.3 Å². The minimum absolute atomic E-state index is 0.528. The van der Waals surface area contributed by atoms with Crippen molar-refractivity contribution in [1.82, 2.24) is 9.97 Å². The number of nitrogen functional groups attached to an aromatic ring is 1. The second-order valence-corrected chi connectivity index (χ2v) is 5.74. The SMILES string of the molecule is CC(C)c1ccc(-c2nc(N)c3ccsc3n2)cc1. The molecule has 3 aromatic rings. The normalized spacial score (nSPS) is 11.3. The van der Waals surface area contributed by atoms with Gasteiger partial charge in [-0.25, -0.2) is 9.97 Å². The van der Waals surface area contributed by atoms with E-state index in [2.05, 4.69) is 48.1 Å². The van der Waals surface area contributed by atoms with E-state index in [1.54, 1.807) is 11.3 Å². The molecule has 0 bridgehead atoms. The van der Waals surface area contributed by atoms with Gasteiger partial charge in [0.2, 0.25) is 0 Å². The van der Waals surface area contributed by atoms with E-state index in [-0.39, 0.29) is 0 Å². The number of nitrogens with zero attached hydrogens (tertiary/aromatic N) is 2. The summed E-state index contributed by atoms with van der Waals surface area (Å²) in [5.74, 6) is 1.77. The van der Waals surface area contributed by atoms with Crippen LogP contribution in [0.25, 0.3) is 21.6 Å². The number of nitrogens with two attached hydrogens (primary N) is 1. The second kappa shape index (κ2) is 4.63. The van der Waals surface area contributed by atoms with Gasteiger partial charge in [0.1, 0.15) is 10.6 Å². The lowest BCUT2D eigenvalue weighted by Crippen LogP contribution is -1.96. The lowest BCUT2D eigenvalue weighted by molar-refractivity contribution is 0.867. The summed E-state index contributed by atoms with van der Waals surface area (Å²) in [6.07, 6.45) is 0. The topological polar surface area (TPSA) is 51.8 Å². The van der Waals surface area contributed by atoms with Crippen LogP contribution in [0.3, 0.4) is 0 Å². The van der Waals surface area contributed by atoms with E-state index in [1.807, 2.05) is 11.4 Å². The molecular weight excluding hydrogens is 254 g/mol. The first-order valence-electron chi connectivity index (χ1n) is 6.26. The maximum absolute atomic E-state index is 5.97. The molecule has 0 saturated carbocycles. The van der Waals surface area contributed by atoms with E-state index in [9.17, 15) is 0 Å². The molecule has 96 valence electrons. The highest BCUT2D eigenvalue weighted by atomic mass is 32.1. The summed E-state index contributed by atoms with van der Waals surface area (Å²) in [4.78, 5) is 9.90. The fourth-order valence-corrected chi connectivity index (χ4v) is 2.80. The number of thiophene rings is 1. The van der Waals surface area contributed by atoms with Crippen LogP contribution in [0.4, 0.5) is 5.82 Å². The predicted molar refractivity (Wildman–Crippen MR) is 81.4 cm³/mol. The molecule has 0 aliphatic carbocycles. The summed E-state index contributed by atoms with van der Waals surface area (Å²) in [7, 11) is 0. The first-order chi connectivity index (χ1) is 9.15. The van der Waals surface area contributed by atoms with Gasteiger partial charge in [0.15, 0.2) is 5.82 Å². The van der Waals surface area contributed by atoms with Crippen molar-refractivity contribution in [3.63, 3.8) is 0 Å². The van der Waals surface area contributed by atoms with Gasteiger partial charge in [0, 0.05) is 5.56 Å². The molecule has 0 aliphatic heterocycles. The molecule has 0 radical (unpaired) electrons. The summed E-state index contributed by atoms with van der Waals surface area (Å²) in [6.45, 7) is 4.36. The standard InChI is InChI=1S/C15H15N3S/c1-9(2)10-3-5-11(6-4-10)14-17-13(16)12-7-8-19-15(12)18-14/h3-9H,1-2H3,(H2,16,17,18). The number of hydrogen-bond acceptors (Lipinski definition) is 4. The molecule has 4 heteroatoms. The zero-order valence-corrected chi connectivity index (χ0v) is 11.7. The van der Waals surface area contributed by atoms with Crippen molar-refractivity contribution in [2.24, 2.45) is 0 Å². The molecule has 19 heavy (non-hydrogen) atoms. The van der Waals surface area contributed by atoms with E-state index in [1.165, 1.54) is 5.56 Å². The fraction of sp³-hybridized carbons (Fsp3) is 0.200. The Kier molecular flexibility index (Phi) is 2.95. The van der Waals surface area contributed by atoms with Crippen LogP contribution in [0, 0.1) is 0 Å². The van der Waals surface area contributed by atoms with E-state index in [0.29, 0.717) is 17.6 Å². The van der Waals surface area contributed by atoms with Gasteiger partial charge in [-0.05, 0) is 22.9 Å². The molecule has 1 aromatic carbocycles. The van der Waals surface area contributed by atoms with Crippen molar-refractivity contribution in [3.8, 4) is 11.4 Å². The van der Waals surface area contributed by atoms with Gasteiger partial charge >= 0.3 is 0 Å². The molecule has 0 aliphatic rings. The molecule has 0 saturated heterocycles. The molecule has 0 spiro atoms. The highest BCUT2D eigenvalue weighted by Gasteiger charge is 2.08. The molecular formula is C15H15N3S. The minimum atomic E-state index is 0.528. The monoisotopic (exact) mass is 269 g/mol.